The second-order valence-corrected chi connectivity index (χ2v) is 3.63. The van der Waals surface area contributed by atoms with E-state index in [1.807, 2.05) is 0 Å². The van der Waals surface area contributed by atoms with Gasteiger partial charge < -0.3 is 9.47 Å². The van der Waals surface area contributed by atoms with Crippen molar-refractivity contribution in [3.05, 3.63) is 28.0 Å². The maximum atomic E-state index is 11.7. The van der Waals surface area contributed by atoms with Gasteiger partial charge >= 0.3 is 11.9 Å². The van der Waals surface area contributed by atoms with Crippen LogP contribution in [0.4, 0.5) is 0 Å². The van der Waals surface area contributed by atoms with E-state index in [4.69, 9.17) is 26.3 Å². The minimum Gasteiger partial charge on any atom is -0.462 e. The molecule has 0 aromatic carbocycles. The third-order valence-corrected chi connectivity index (χ3v) is 2.35. The second kappa shape index (κ2) is 6.71. The molecule has 1 heterocycles. The van der Waals surface area contributed by atoms with Crippen LogP contribution in [0.2, 0.25) is 5.15 Å². The molecule has 0 amide bonds. The second-order valence-electron chi connectivity index (χ2n) is 3.28. The molecule has 6 nitrogen and oxygen atoms in total. The summed E-state index contributed by atoms with van der Waals surface area (Å²) in [5, 5.41) is 8.68. The highest BCUT2D eigenvalue weighted by atomic mass is 35.5. The summed E-state index contributed by atoms with van der Waals surface area (Å²) in [4.78, 5) is 27.2. The van der Waals surface area contributed by atoms with Gasteiger partial charge in [-0.2, -0.15) is 5.26 Å². The van der Waals surface area contributed by atoms with E-state index in [0.717, 1.165) is 0 Å². The van der Waals surface area contributed by atoms with Crippen LogP contribution in [0.5, 0.6) is 0 Å². The summed E-state index contributed by atoms with van der Waals surface area (Å²) in [5.41, 5.74) is -0.414. The normalized spacial score (nSPS) is 9.58. The predicted octanol–water partition coefficient (Wildman–Crippen LogP) is 1.96. The van der Waals surface area contributed by atoms with Gasteiger partial charge in [0, 0.05) is 0 Å². The van der Waals surface area contributed by atoms with E-state index in [0.29, 0.717) is 0 Å². The highest BCUT2D eigenvalue weighted by Gasteiger charge is 2.23. The Balaban J connectivity index is 3.35. The van der Waals surface area contributed by atoms with Gasteiger partial charge in [0.1, 0.15) is 11.2 Å². The number of nitrogens with zero attached hydrogens (tertiary/aromatic N) is 2. The lowest BCUT2D eigenvalue weighted by Crippen LogP contribution is -2.16. The molecule has 1 aromatic rings. The van der Waals surface area contributed by atoms with E-state index in [2.05, 4.69) is 4.98 Å². The third-order valence-electron chi connectivity index (χ3n) is 2.06. The molecule has 100 valence electrons. The minimum absolute atomic E-state index is 0.0160. The van der Waals surface area contributed by atoms with E-state index in [9.17, 15) is 9.59 Å². The number of nitriles is 1. The van der Waals surface area contributed by atoms with Crippen molar-refractivity contribution in [3.8, 4) is 6.07 Å². The predicted molar refractivity (Wildman–Crippen MR) is 65.9 cm³/mol. The number of esters is 2. The molecule has 0 aliphatic rings. The summed E-state index contributed by atoms with van der Waals surface area (Å²) < 4.78 is 9.57. The smallest absolute Gasteiger partial charge is 0.357 e. The van der Waals surface area contributed by atoms with Gasteiger partial charge in [0.05, 0.1) is 24.3 Å². The van der Waals surface area contributed by atoms with Gasteiger partial charge in [0.25, 0.3) is 0 Å². The zero-order valence-corrected chi connectivity index (χ0v) is 11.2. The number of rotatable bonds is 4. The lowest BCUT2D eigenvalue weighted by molar-refractivity contribution is 0.0473. The van der Waals surface area contributed by atoms with E-state index < -0.39 is 11.9 Å². The quantitative estimate of drug-likeness (QED) is 0.619. The molecular weight excluding hydrogens is 272 g/mol. The topological polar surface area (TPSA) is 89.3 Å². The molecule has 0 saturated carbocycles. The first-order valence-electron chi connectivity index (χ1n) is 5.50. The molecule has 0 spiro atoms. The molecule has 0 saturated heterocycles. The zero-order chi connectivity index (χ0) is 14.4. The average Bonchev–Trinajstić information content (AvgIpc) is 2.38. The molecule has 0 N–H and O–H groups in total. The van der Waals surface area contributed by atoms with Crippen LogP contribution in [-0.4, -0.2) is 30.1 Å². The largest absolute Gasteiger partial charge is 0.462 e. The number of hydrogen-bond acceptors (Lipinski definition) is 6. The van der Waals surface area contributed by atoms with Crippen LogP contribution in [0, 0.1) is 11.3 Å². The lowest BCUT2D eigenvalue weighted by atomic mass is 10.1. The third kappa shape index (κ3) is 3.42. The minimum atomic E-state index is -0.794. The molecule has 0 aliphatic heterocycles. The van der Waals surface area contributed by atoms with Crippen molar-refractivity contribution in [3.63, 3.8) is 0 Å². The van der Waals surface area contributed by atoms with Gasteiger partial charge in [-0.25, -0.2) is 14.6 Å². The highest BCUT2D eigenvalue weighted by molar-refractivity contribution is 6.30. The van der Waals surface area contributed by atoms with Crippen LogP contribution < -0.4 is 0 Å². The summed E-state index contributed by atoms with van der Waals surface area (Å²) in [5.74, 6) is -1.55. The van der Waals surface area contributed by atoms with Gasteiger partial charge in [-0.1, -0.05) is 11.6 Å². The summed E-state index contributed by atoms with van der Waals surface area (Å²) in [6.45, 7) is 3.50. The van der Waals surface area contributed by atoms with Crippen LogP contribution >= 0.6 is 11.6 Å². The summed E-state index contributed by atoms with van der Waals surface area (Å²) in [7, 11) is 0. The van der Waals surface area contributed by atoms with Crippen LogP contribution in [0.3, 0.4) is 0 Å². The Bertz CT molecular complexity index is 551. The monoisotopic (exact) mass is 282 g/mol. The molecule has 7 heteroatoms. The Morgan fingerprint density at radius 2 is 1.89 bits per heavy atom. The van der Waals surface area contributed by atoms with E-state index in [-0.39, 0.29) is 35.2 Å². The van der Waals surface area contributed by atoms with E-state index in [1.54, 1.807) is 19.9 Å². The maximum Gasteiger partial charge on any atom is 0.357 e. The number of hydrogen-bond donors (Lipinski definition) is 0. The van der Waals surface area contributed by atoms with Crippen molar-refractivity contribution in [2.45, 2.75) is 13.8 Å². The molecule has 19 heavy (non-hydrogen) atoms. The van der Waals surface area contributed by atoms with Crippen molar-refractivity contribution in [1.29, 1.82) is 5.26 Å². The standard InChI is InChI=1S/C12H11ClN2O4/c1-3-18-11(16)8-5-7(6-14)10(13)15-9(8)12(17)19-4-2/h5H,3-4H2,1-2H3. The number of ether oxygens (including phenoxy) is 2. The number of carbonyl (C=O) groups is 2. The average molecular weight is 283 g/mol. The molecule has 1 aromatic heterocycles. The molecule has 0 atom stereocenters. The summed E-state index contributed by atoms with van der Waals surface area (Å²) in [6, 6.07) is 2.94. The molecule has 0 aliphatic carbocycles. The maximum absolute atomic E-state index is 11.7. The van der Waals surface area contributed by atoms with Crippen LogP contribution in [0.25, 0.3) is 0 Å². The fraction of sp³-hybridized carbons (Fsp3) is 0.333. The molecular formula is C12H11ClN2O4. The van der Waals surface area contributed by atoms with Crippen molar-refractivity contribution in [2.75, 3.05) is 13.2 Å². The lowest BCUT2D eigenvalue weighted by Gasteiger charge is -2.08. The Labute approximate surface area is 114 Å². The van der Waals surface area contributed by atoms with Gasteiger partial charge in [0.15, 0.2) is 5.69 Å². The van der Waals surface area contributed by atoms with Crippen LogP contribution in [0.15, 0.2) is 6.07 Å². The highest BCUT2D eigenvalue weighted by Crippen LogP contribution is 2.19. The van der Waals surface area contributed by atoms with Gasteiger partial charge in [-0.05, 0) is 19.9 Å². The van der Waals surface area contributed by atoms with E-state index in [1.165, 1.54) is 6.07 Å². The molecule has 0 bridgehead atoms. The number of halogens is 1. The Morgan fingerprint density at radius 3 is 2.42 bits per heavy atom. The SMILES string of the molecule is CCOC(=O)c1cc(C#N)c(Cl)nc1C(=O)OCC. The van der Waals surface area contributed by atoms with Gasteiger partial charge in [-0.3, -0.25) is 0 Å². The van der Waals surface area contributed by atoms with Crippen LogP contribution in [-0.2, 0) is 9.47 Å². The zero-order valence-electron chi connectivity index (χ0n) is 10.4. The van der Waals surface area contributed by atoms with E-state index >= 15 is 0 Å². The molecule has 1 rings (SSSR count). The first-order chi connectivity index (χ1) is 9.04. The number of aromatic nitrogens is 1. The van der Waals surface area contributed by atoms with Gasteiger partial charge in [-0.15, -0.1) is 0 Å². The fourth-order valence-corrected chi connectivity index (χ4v) is 1.47. The van der Waals surface area contributed by atoms with Crippen molar-refractivity contribution in [2.24, 2.45) is 0 Å². The Morgan fingerprint density at radius 1 is 1.32 bits per heavy atom. The fourth-order valence-electron chi connectivity index (χ4n) is 1.29. The number of carbonyl (C=O) groups excluding carboxylic acids is 2. The molecule has 0 radical (unpaired) electrons. The van der Waals surface area contributed by atoms with Crippen molar-refractivity contribution in [1.82, 2.24) is 4.98 Å². The van der Waals surface area contributed by atoms with Gasteiger partial charge in [0.2, 0.25) is 0 Å². The van der Waals surface area contributed by atoms with Crippen LogP contribution in [0.1, 0.15) is 40.3 Å². The number of pyridine rings is 1. The Hall–Kier alpha value is -2.13. The summed E-state index contributed by atoms with van der Waals surface area (Å²) in [6.07, 6.45) is 0. The Kier molecular flexibility index (Phi) is 5.27. The first kappa shape index (κ1) is 14.9. The first-order valence-corrected chi connectivity index (χ1v) is 5.87. The molecule has 0 fully saturated rings. The summed E-state index contributed by atoms with van der Waals surface area (Å²) >= 11 is 5.73. The van der Waals surface area contributed by atoms with Crippen molar-refractivity contribution >= 4 is 23.5 Å². The molecule has 0 unspecified atom stereocenters. The van der Waals surface area contributed by atoms with Crippen molar-refractivity contribution < 1.29 is 19.1 Å².